The average Bonchev–Trinajstić information content (AvgIpc) is 2.78. The first-order valence-corrected chi connectivity index (χ1v) is 12.2. The second-order valence-corrected chi connectivity index (χ2v) is 10.1. The molecule has 0 aromatic heterocycles. The van der Waals surface area contributed by atoms with Crippen molar-refractivity contribution in [3.63, 3.8) is 0 Å². The molecule has 3 rings (SSSR count). The lowest BCUT2D eigenvalue weighted by atomic mass is 9.86. The first-order chi connectivity index (χ1) is 15.2. The van der Waals surface area contributed by atoms with E-state index in [1.54, 1.807) is 42.5 Å². The molecule has 7 heteroatoms. The van der Waals surface area contributed by atoms with Gasteiger partial charge in [-0.2, -0.15) is 0 Å². The second kappa shape index (κ2) is 10.6. The normalized spacial score (nSPS) is 13.7. The van der Waals surface area contributed by atoms with Gasteiger partial charge in [0.05, 0.1) is 16.8 Å². The predicted octanol–water partition coefficient (Wildman–Crippen LogP) is 3.43. The molecule has 0 radical (unpaired) electrons. The van der Waals surface area contributed by atoms with Crippen molar-refractivity contribution in [2.75, 3.05) is 12.3 Å². The van der Waals surface area contributed by atoms with E-state index in [0.717, 1.165) is 11.1 Å². The van der Waals surface area contributed by atoms with Gasteiger partial charge < -0.3 is 20.6 Å². The molecule has 4 N–H and O–H groups in total. The fraction of sp³-hybridized carbons (Fsp3) is 0.280. The number of aliphatic hydroxyl groups excluding tert-OH is 1. The van der Waals surface area contributed by atoms with Crippen LogP contribution in [-0.2, 0) is 9.84 Å². The number of phenolic OH excluding ortho intramolecular Hbond substituents is 2. The van der Waals surface area contributed by atoms with E-state index < -0.39 is 15.9 Å². The summed E-state index contributed by atoms with van der Waals surface area (Å²) < 4.78 is 24.9. The van der Waals surface area contributed by atoms with Crippen LogP contribution in [0.5, 0.6) is 11.5 Å². The number of sulfone groups is 1. The molecule has 3 aromatic rings. The minimum absolute atomic E-state index is 0.0103. The van der Waals surface area contributed by atoms with Crippen LogP contribution < -0.4 is 5.32 Å². The number of rotatable bonds is 10. The Morgan fingerprint density at radius 3 is 1.81 bits per heavy atom. The van der Waals surface area contributed by atoms with Gasteiger partial charge in [-0.3, -0.25) is 0 Å². The van der Waals surface area contributed by atoms with Gasteiger partial charge in [-0.15, -0.1) is 0 Å². The number of benzene rings is 3. The van der Waals surface area contributed by atoms with Crippen molar-refractivity contribution in [2.24, 2.45) is 0 Å². The van der Waals surface area contributed by atoms with Gasteiger partial charge in [0.25, 0.3) is 0 Å². The average molecular weight is 456 g/mol. The highest BCUT2D eigenvalue weighted by Gasteiger charge is 2.22. The molecule has 170 valence electrons. The zero-order valence-corrected chi connectivity index (χ0v) is 18.7. The molecule has 32 heavy (non-hydrogen) atoms. The Labute approximate surface area is 189 Å². The standard InChI is InChI=1S/C25H29NO5S/c1-18(26-16-23(29)17-32(30,31)24-5-3-2-4-6-24)15-25(19-7-11-21(27)12-8-19)20-9-13-22(28)14-10-20/h2-14,18,23,25-29H,15-17H2,1H3/t18-,23-/m0/s1. The number of nitrogens with one attached hydrogen (secondary N) is 1. The highest BCUT2D eigenvalue weighted by Crippen LogP contribution is 2.31. The van der Waals surface area contributed by atoms with Gasteiger partial charge in [-0.25, -0.2) is 8.42 Å². The third-order valence-electron chi connectivity index (χ3n) is 5.40. The largest absolute Gasteiger partial charge is 0.508 e. The molecular weight excluding hydrogens is 426 g/mol. The van der Waals surface area contributed by atoms with Crippen LogP contribution in [-0.4, -0.2) is 48.2 Å². The lowest BCUT2D eigenvalue weighted by Gasteiger charge is -2.24. The Hall–Kier alpha value is -2.87. The van der Waals surface area contributed by atoms with Crippen molar-refractivity contribution >= 4 is 9.84 Å². The first kappa shape index (κ1) is 23.8. The molecule has 0 spiro atoms. The van der Waals surface area contributed by atoms with Gasteiger partial charge in [0.1, 0.15) is 11.5 Å². The summed E-state index contributed by atoms with van der Waals surface area (Å²) in [4.78, 5) is 0.201. The smallest absolute Gasteiger partial charge is 0.180 e. The summed E-state index contributed by atoms with van der Waals surface area (Å²) in [6.07, 6.45) is -0.364. The molecule has 0 unspecified atom stereocenters. The number of phenols is 2. The summed E-state index contributed by atoms with van der Waals surface area (Å²) in [5.74, 6) is 0.0129. The molecule has 0 amide bonds. The summed E-state index contributed by atoms with van der Waals surface area (Å²) in [6, 6.07) is 22.1. The number of aliphatic hydroxyl groups is 1. The summed E-state index contributed by atoms with van der Waals surface area (Å²) in [7, 11) is -3.56. The highest BCUT2D eigenvalue weighted by atomic mass is 32.2. The lowest BCUT2D eigenvalue weighted by molar-refractivity contribution is 0.188. The number of aromatic hydroxyl groups is 2. The molecule has 0 aliphatic heterocycles. The fourth-order valence-electron chi connectivity index (χ4n) is 3.69. The highest BCUT2D eigenvalue weighted by molar-refractivity contribution is 7.91. The van der Waals surface area contributed by atoms with Crippen molar-refractivity contribution in [1.82, 2.24) is 5.32 Å². The Bertz CT molecular complexity index is 1040. The van der Waals surface area contributed by atoms with Crippen molar-refractivity contribution < 1.29 is 23.7 Å². The van der Waals surface area contributed by atoms with Crippen LogP contribution in [0.15, 0.2) is 83.8 Å². The van der Waals surface area contributed by atoms with E-state index >= 15 is 0 Å². The topological polar surface area (TPSA) is 107 Å². The van der Waals surface area contributed by atoms with Crippen molar-refractivity contribution in [1.29, 1.82) is 0 Å². The Kier molecular flexibility index (Phi) is 7.90. The van der Waals surface area contributed by atoms with E-state index in [0.29, 0.717) is 6.42 Å². The van der Waals surface area contributed by atoms with E-state index in [2.05, 4.69) is 5.32 Å². The summed E-state index contributed by atoms with van der Waals surface area (Å²) >= 11 is 0. The number of hydrogen-bond donors (Lipinski definition) is 4. The van der Waals surface area contributed by atoms with Crippen LogP contribution in [0.1, 0.15) is 30.4 Å². The van der Waals surface area contributed by atoms with Crippen LogP contribution in [0.25, 0.3) is 0 Å². The maximum atomic E-state index is 12.5. The third kappa shape index (κ3) is 6.56. The molecular formula is C25H29NO5S. The molecule has 2 atom stereocenters. The van der Waals surface area contributed by atoms with E-state index in [9.17, 15) is 23.7 Å². The van der Waals surface area contributed by atoms with Crippen LogP contribution in [0.4, 0.5) is 0 Å². The molecule has 0 saturated carbocycles. The Morgan fingerprint density at radius 1 is 0.812 bits per heavy atom. The van der Waals surface area contributed by atoms with Gasteiger partial charge in [0, 0.05) is 18.5 Å². The fourth-order valence-corrected chi connectivity index (χ4v) is 5.08. The van der Waals surface area contributed by atoms with Gasteiger partial charge in [0.2, 0.25) is 0 Å². The third-order valence-corrected chi connectivity index (χ3v) is 7.21. The molecule has 0 saturated heterocycles. The van der Waals surface area contributed by atoms with Gasteiger partial charge in [0.15, 0.2) is 9.84 Å². The summed E-state index contributed by atoms with van der Waals surface area (Å²) in [6.45, 7) is 2.12. The van der Waals surface area contributed by atoms with Crippen molar-refractivity contribution in [3.8, 4) is 11.5 Å². The molecule has 0 fully saturated rings. The zero-order chi connectivity index (χ0) is 23.1. The van der Waals surface area contributed by atoms with E-state index in [1.165, 1.54) is 12.1 Å². The van der Waals surface area contributed by atoms with Crippen molar-refractivity contribution in [2.45, 2.75) is 36.3 Å². The first-order valence-electron chi connectivity index (χ1n) is 10.5. The van der Waals surface area contributed by atoms with E-state index in [1.807, 2.05) is 31.2 Å². The van der Waals surface area contributed by atoms with Crippen LogP contribution in [0.3, 0.4) is 0 Å². The SMILES string of the molecule is C[C@@H](CC(c1ccc(O)cc1)c1ccc(O)cc1)NC[C@H](O)CS(=O)(=O)c1ccccc1. The molecule has 3 aromatic carbocycles. The molecule has 0 aliphatic rings. The monoisotopic (exact) mass is 455 g/mol. The molecule has 0 aliphatic carbocycles. The Balaban J connectivity index is 1.64. The minimum atomic E-state index is -3.56. The van der Waals surface area contributed by atoms with E-state index in [4.69, 9.17) is 0 Å². The van der Waals surface area contributed by atoms with Gasteiger partial charge >= 0.3 is 0 Å². The summed E-state index contributed by atoms with van der Waals surface area (Å²) in [5, 5.41) is 32.8. The van der Waals surface area contributed by atoms with Gasteiger partial charge in [-0.1, -0.05) is 42.5 Å². The van der Waals surface area contributed by atoms with Crippen LogP contribution >= 0.6 is 0 Å². The van der Waals surface area contributed by atoms with E-state index in [-0.39, 0.29) is 40.7 Å². The maximum Gasteiger partial charge on any atom is 0.180 e. The molecule has 6 nitrogen and oxygen atoms in total. The minimum Gasteiger partial charge on any atom is -0.508 e. The maximum absolute atomic E-state index is 12.5. The Morgan fingerprint density at radius 2 is 1.31 bits per heavy atom. The molecule has 0 bridgehead atoms. The van der Waals surface area contributed by atoms with Crippen LogP contribution in [0.2, 0.25) is 0 Å². The summed E-state index contributed by atoms with van der Waals surface area (Å²) in [5.41, 5.74) is 2.02. The van der Waals surface area contributed by atoms with Crippen LogP contribution in [0, 0.1) is 0 Å². The predicted molar refractivity (Wildman–Crippen MR) is 125 cm³/mol. The molecule has 0 heterocycles. The lowest BCUT2D eigenvalue weighted by Crippen LogP contribution is -2.38. The van der Waals surface area contributed by atoms with Gasteiger partial charge in [-0.05, 0) is 60.9 Å². The zero-order valence-electron chi connectivity index (χ0n) is 17.9. The van der Waals surface area contributed by atoms with Crippen molar-refractivity contribution in [3.05, 3.63) is 90.0 Å². The number of hydrogen-bond acceptors (Lipinski definition) is 6. The quantitative estimate of drug-likeness (QED) is 0.373. The second-order valence-electron chi connectivity index (χ2n) is 8.03.